The Morgan fingerprint density at radius 2 is 1.95 bits per heavy atom. The standard InChI is InChI=1S/C16H24N2O3/c1-11(2)10-21-8-7-16(20)18-15-9-14(17-13(4)19)6-5-12(15)3/h5-6,9,11H,7-8,10H2,1-4H3,(H,17,19)(H,18,20). The van der Waals surface area contributed by atoms with Crippen LogP contribution in [0.15, 0.2) is 18.2 Å². The zero-order valence-electron chi connectivity index (χ0n) is 13.2. The Balaban J connectivity index is 2.52. The molecule has 1 aromatic carbocycles. The van der Waals surface area contributed by atoms with Crippen molar-refractivity contribution in [1.82, 2.24) is 0 Å². The van der Waals surface area contributed by atoms with Crippen LogP contribution in [0.2, 0.25) is 0 Å². The van der Waals surface area contributed by atoms with E-state index in [-0.39, 0.29) is 11.8 Å². The van der Waals surface area contributed by atoms with E-state index in [1.807, 2.05) is 13.0 Å². The third-order valence-electron chi connectivity index (χ3n) is 2.76. The molecule has 0 heterocycles. The number of hydrogen-bond donors (Lipinski definition) is 2. The molecule has 0 bridgehead atoms. The van der Waals surface area contributed by atoms with Crippen LogP contribution in [0.4, 0.5) is 11.4 Å². The smallest absolute Gasteiger partial charge is 0.226 e. The highest BCUT2D eigenvalue weighted by Gasteiger charge is 2.07. The molecule has 116 valence electrons. The third-order valence-corrected chi connectivity index (χ3v) is 2.76. The van der Waals surface area contributed by atoms with Crippen molar-refractivity contribution in [3.8, 4) is 0 Å². The van der Waals surface area contributed by atoms with Gasteiger partial charge in [-0.25, -0.2) is 0 Å². The van der Waals surface area contributed by atoms with Crippen LogP contribution in [-0.2, 0) is 14.3 Å². The second kappa shape index (κ2) is 8.42. The molecule has 0 aliphatic carbocycles. The van der Waals surface area contributed by atoms with E-state index >= 15 is 0 Å². The summed E-state index contributed by atoms with van der Waals surface area (Å²) in [6.45, 7) is 8.55. The lowest BCUT2D eigenvalue weighted by atomic mass is 10.1. The van der Waals surface area contributed by atoms with Crippen LogP contribution < -0.4 is 10.6 Å². The van der Waals surface area contributed by atoms with E-state index < -0.39 is 0 Å². The first-order valence-electron chi connectivity index (χ1n) is 7.14. The predicted octanol–water partition coefficient (Wildman–Crippen LogP) is 2.95. The van der Waals surface area contributed by atoms with E-state index in [1.165, 1.54) is 6.92 Å². The monoisotopic (exact) mass is 292 g/mol. The summed E-state index contributed by atoms with van der Waals surface area (Å²) in [5.74, 6) is 0.227. The van der Waals surface area contributed by atoms with Crippen molar-refractivity contribution in [3.05, 3.63) is 23.8 Å². The summed E-state index contributed by atoms with van der Waals surface area (Å²) in [5, 5.41) is 5.54. The fraction of sp³-hybridized carbons (Fsp3) is 0.500. The van der Waals surface area contributed by atoms with Gasteiger partial charge in [0, 0.05) is 24.9 Å². The molecule has 0 unspecified atom stereocenters. The Bertz CT molecular complexity index is 498. The SMILES string of the molecule is CC(=O)Nc1ccc(C)c(NC(=O)CCOCC(C)C)c1. The molecule has 21 heavy (non-hydrogen) atoms. The minimum absolute atomic E-state index is 0.0955. The molecule has 0 spiro atoms. The number of anilines is 2. The van der Waals surface area contributed by atoms with Crippen molar-refractivity contribution in [3.63, 3.8) is 0 Å². The summed E-state index contributed by atoms with van der Waals surface area (Å²) in [5.41, 5.74) is 2.31. The van der Waals surface area contributed by atoms with Crippen LogP contribution in [0.25, 0.3) is 0 Å². The van der Waals surface area contributed by atoms with E-state index in [0.717, 1.165) is 5.56 Å². The van der Waals surface area contributed by atoms with Gasteiger partial charge in [0.25, 0.3) is 0 Å². The van der Waals surface area contributed by atoms with Gasteiger partial charge in [-0.2, -0.15) is 0 Å². The topological polar surface area (TPSA) is 67.4 Å². The van der Waals surface area contributed by atoms with Gasteiger partial charge in [0.1, 0.15) is 0 Å². The molecule has 0 aliphatic rings. The number of nitrogens with one attached hydrogen (secondary N) is 2. The molecule has 2 N–H and O–H groups in total. The second-order valence-electron chi connectivity index (χ2n) is 5.48. The van der Waals surface area contributed by atoms with Gasteiger partial charge in [0.05, 0.1) is 13.0 Å². The lowest BCUT2D eigenvalue weighted by Crippen LogP contribution is -2.16. The first-order valence-corrected chi connectivity index (χ1v) is 7.14. The number of carbonyl (C=O) groups excluding carboxylic acids is 2. The largest absolute Gasteiger partial charge is 0.381 e. The normalized spacial score (nSPS) is 10.5. The quantitative estimate of drug-likeness (QED) is 0.759. The van der Waals surface area contributed by atoms with Crippen molar-refractivity contribution >= 4 is 23.2 Å². The fourth-order valence-electron chi connectivity index (χ4n) is 1.73. The summed E-state index contributed by atoms with van der Waals surface area (Å²) in [7, 11) is 0. The Hall–Kier alpha value is -1.88. The molecule has 1 aromatic rings. The van der Waals surface area contributed by atoms with Gasteiger partial charge in [-0.3, -0.25) is 9.59 Å². The fourth-order valence-corrected chi connectivity index (χ4v) is 1.73. The van der Waals surface area contributed by atoms with E-state index in [0.29, 0.717) is 36.9 Å². The number of ether oxygens (including phenoxy) is 1. The summed E-state index contributed by atoms with van der Waals surface area (Å²) in [6.07, 6.45) is 0.316. The summed E-state index contributed by atoms with van der Waals surface area (Å²) in [6, 6.07) is 5.41. The van der Waals surface area contributed by atoms with E-state index in [9.17, 15) is 9.59 Å². The van der Waals surface area contributed by atoms with Gasteiger partial charge in [0.2, 0.25) is 11.8 Å². The number of benzene rings is 1. The molecular formula is C16H24N2O3. The van der Waals surface area contributed by atoms with Crippen molar-refractivity contribution in [1.29, 1.82) is 0 Å². The Labute approximate surface area is 126 Å². The molecule has 0 aromatic heterocycles. The summed E-state index contributed by atoms with van der Waals surface area (Å²) in [4.78, 5) is 22.9. The van der Waals surface area contributed by atoms with Gasteiger partial charge < -0.3 is 15.4 Å². The van der Waals surface area contributed by atoms with Crippen LogP contribution in [0.3, 0.4) is 0 Å². The predicted molar refractivity (Wildman–Crippen MR) is 84.4 cm³/mol. The van der Waals surface area contributed by atoms with Crippen LogP contribution in [0.1, 0.15) is 32.8 Å². The molecule has 0 aliphatic heterocycles. The Morgan fingerprint density at radius 1 is 1.24 bits per heavy atom. The maximum Gasteiger partial charge on any atom is 0.226 e. The van der Waals surface area contributed by atoms with Crippen LogP contribution in [-0.4, -0.2) is 25.0 Å². The molecular weight excluding hydrogens is 268 g/mol. The van der Waals surface area contributed by atoms with E-state index in [4.69, 9.17) is 4.74 Å². The van der Waals surface area contributed by atoms with E-state index in [2.05, 4.69) is 24.5 Å². The molecule has 2 amide bonds. The lowest BCUT2D eigenvalue weighted by molar-refractivity contribution is -0.117. The average molecular weight is 292 g/mol. The zero-order valence-corrected chi connectivity index (χ0v) is 13.2. The summed E-state index contributed by atoms with van der Waals surface area (Å²) >= 11 is 0. The molecule has 1 rings (SSSR count). The van der Waals surface area contributed by atoms with Crippen LogP contribution >= 0.6 is 0 Å². The first kappa shape index (κ1) is 17.2. The van der Waals surface area contributed by atoms with Crippen molar-refractivity contribution < 1.29 is 14.3 Å². The van der Waals surface area contributed by atoms with E-state index in [1.54, 1.807) is 12.1 Å². The van der Waals surface area contributed by atoms with Crippen molar-refractivity contribution in [2.75, 3.05) is 23.8 Å². The number of amides is 2. The van der Waals surface area contributed by atoms with Crippen LogP contribution in [0, 0.1) is 12.8 Å². The average Bonchev–Trinajstić information content (AvgIpc) is 2.38. The Kier molecular flexibility index (Phi) is 6.88. The minimum Gasteiger partial charge on any atom is -0.381 e. The van der Waals surface area contributed by atoms with Gasteiger partial charge >= 0.3 is 0 Å². The highest BCUT2D eigenvalue weighted by Crippen LogP contribution is 2.20. The van der Waals surface area contributed by atoms with Gasteiger partial charge in [-0.1, -0.05) is 19.9 Å². The van der Waals surface area contributed by atoms with Crippen molar-refractivity contribution in [2.24, 2.45) is 5.92 Å². The van der Waals surface area contributed by atoms with Crippen molar-refractivity contribution in [2.45, 2.75) is 34.1 Å². The highest BCUT2D eigenvalue weighted by molar-refractivity contribution is 5.94. The molecule has 5 nitrogen and oxygen atoms in total. The Morgan fingerprint density at radius 3 is 2.57 bits per heavy atom. The molecule has 0 saturated carbocycles. The number of aryl methyl sites for hydroxylation is 1. The third kappa shape index (κ3) is 6.90. The zero-order chi connectivity index (χ0) is 15.8. The maximum atomic E-state index is 11.9. The number of carbonyl (C=O) groups is 2. The first-order chi connectivity index (χ1) is 9.88. The highest BCUT2D eigenvalue weighted by atomic mass is 16.5. The molecule has 5 heteroatoms. The number of hydrogen-bond acceptors (Lipinski definition) is 3. The van der Waals surface area contributed by atoms with Gasteiger partial charge in [0.15, 0.2) is 0 Å². The van der Waals surface area contributed by atoms with Crippen LogP contribution in [0.5, 0.6) is 0 Å². The second-order valence-corrected chi connectivity index (χ2v) is 5.48. The van der Waals surface area contributed by atoms with Gasteiger partial charge in [-0.05, 0) is 30.5 Å². The lowest BCUT2D eigenvalue weighted by Gasteiger charge is -2.11. The maximum absolute atomic E-state index is 11.9. The molecule has 0 saturated heterocycles. The molecule has 0 fully saturated rings. The minimum atomic E-state index is -0.141. The summed E-state index contributed by atoms with van der Waals surface area (Å²) < 4.78 is 5.39. The van der Waals surface area contributed by atoms with Gasteiger partial charge in [-0.15, -0.1) is 0 Å². The molecule has 0 radical (unpaired) electrons. The number of rotatable bonds is 7. The molecule has 0 atom stereocenters.